The number of thiophene rings is 1. The van der Waals surface area contributed by atoms with Gasteiger partial charge >= 0.3 is 0 Å². The van der Waals surface area contributed by atoms with Gasteiger partial charge < -0.3 is 10.1 Å². The van der Waals surface area contributed by atoms with Gasteiger partial charge in [0.15, 0.2) is 0 Å². The van der Waals surface area contributed by atoms with E-state index >= 15 is 0 Å². The molecule has 0 spiro atoms. The Labute approximate surface area is 176 Å². The highest BCUT2D eigenvalue weighted by atomic mass is 32.1. The predicted octanol–water partition coefficient (Wildman–Crippen LogP) is 5.50. The van der Waals surface area contributed by atoms with Gasteiger partial charge in [-0.2, -0.15) is 11.3 Å². The first-order valence-corrected chi connectivity index (χ1v) is 11.1. The number of carbonyl (C=O) groups is 1. The van der Waals surface area contributed by atoms with Crippen LogP contribution in [0.25, 0.3) is 0 Å². The summed E-state index contributed by atoms with van der Waals surface area (Å²) in [7, 11) is 0. The number of piperidine rings is 1. The summed E-state index contributed by atoms with van der Waals surface area (Å²) in [4.78, 5) is 15.5. The monoisotopic (exact) mass is 406 g/mol. The van der Waals surface area contributed by atoms with Gasteiger partial charge in [-0.15, -0.1) is 0 Å². The number of ether oxygens (including phenoxy) is 1. The van der Waals surface area contributed by atoms with Crippen LogP contribution in [-0.2, 0) is 0 Å². The van der Waals surface area contributed by atoms with Gasteiger partial charge in [-0.25, -0.2) is 0 Å². The molecule has 1 unspecified atom stereocenters. The van der Waals surface area contributed by atoms with Crippen molar-refractivity contribution in [2.45, 2.75) is 25.3 Å². The normalized spacial score (nSPS) is 15.6. The van der Waals surface area contributed by atoms with Crippen molar-refractivity contribution in [1.29, 1.82) is 0 Å². The molecule has 5 heteroatoms. The summed E-state index contributed by atoms with van der Waals surface area (Å²) in [5, 5.41) is 7.46. The Bertz CT molecular complexity index is 906. The van der Waals surface area contributed by atoms with Gasteiger partial charge in [0.2, 0.25) is 0 Å². The number of rotatable bonds is 7. The van der Waals surface area contributed by atoms with Gasteiger partial charge in [0.1, 0.15) is 11.5 Å². The third-order valence-corrected chi connectivity index (χ3v) is 6.02. The summed E-state index contributed by atoms with van der Waals surface area (Å²) in [5.74, 6) is 1.19. The number of benzene rings is 2. The molecule has 2 aromatic carbocycles. The Balaban J connectivity index is 1.47. The number of nitrogens with one attached hydrogen (secondary N) is 1. The Morgan fingerprint density at radius 3 is 2.52 bits per heavy atom. The second-order valence-corrected chi connectivity index (χ2v) is 8.07. The van der Waals surface area contributed by atoms with Crippen molar-refractivity contribution in [3.8, 4) is 11.5 Å². The number of para-hydroxylation sites is 2. The first-order chi connectivity index (χ1) is 14.3. The van der Waals surface area contributed by atoms with Gasteiger partial charge in [-0.3, -0.25) is 9.69 Å². The summed E-state index contributed by atoms with van der Waals surface area (Å²) in [6.07, 6.45) is 3.74. The largest absolute Gasteiger partial charge is 0.457 e. The molecule has 150 valence electrons. The van der Waals surface area contributed by atoms with Crippen LogP contribution >= 0.6 is 11.3 Å². The Kier molecular flexibility index (Phi) is 6.60. The van der Waals surface area contributed by atoms with Crippen LogP contribution in [0.5, 0.6) is 11.5 Å². The van der Waals surface area contributed by atoms with Crippen LogP contribution in [0.2, 0.25) is 0 Å². The van der Waals surface area contributed by atoms with Crippen molar-refractivity contribution >= 4 is 17.2 Å². The van der Waals surface area contributed by atoms with Crippen molar-refractivity contribution in [3.63, 3.8) is 0 Å². The maximum Gasteiger partial charge on any atom is 0.255 e. The second-order valence-electron chi connectivity index (χ2n) is 7.29. The molecule has 1 aliphatic heterocycles. The lowest BCUT2D eigenvalue weighted by molar-refractivity contribution is 0.0922. The average molecular weight is 407 g/mol. The zero-order valence-corrected chi connectivity index (χ0v) is 17.2. The molecule has 2 heterocycles. The van der Waals surface area contributed by atoms with Crippen molar-refractivity contribution in [3.05, 3.63) is 82.6 Å². The van der Waals surface area contributed by atoms with Crippen LogP contribution in [0.3, 0.4) is 0 Å². The van der Waals surface area contributed by atoms with E-state index in [0.29, 0.717) is 17.9 Å². The summed E-state index contributed by atoms with van der Waals surface area (Å²) >= 11 is 1.71. The number of likely N-dealkylation sites (tertiary alicyclic amines) is 1. The quantitative estimate of drug-likeness (QED) is 0.563. The molecule has 1 aliphatic rings. The number of amides is 1. The van der Waals surface area contributed by atoms with E-state index < -0.39 is 0 Å². The number of hydrogen-bond acceptors (Lipinski definition) is 4. The third kappa shape index (κ3) is 5.05. The van der Waals surface area contributed by atoms with Crippen LogP contribution in [0.15, 0.2) is 71.4 Å². The lowest BCUT2D eigenvalue weighted by atomic mass is 10.0. The second kappa shape index (κ2) is 9.72. The fourth-order valence-corrected chi connectivity index (χ4v) is 4.50. The third-order valence-electron chi connectivity index (χ3n) is 5.32. The minimum absolute atomic E-state index is 0.103. The number of carbonyl (C=O) groups excluding carboxylic acids is 1. The van der Waals surface area contributed by atoms with Gasteiger partial charge in [0.05, 0.1) is 11.6 Å². The molecular formula is C24H26N2O2S. The van der Waals surface area contributed by atoms with E-state index in [9.17, 15) is 4.79 Å². The van der Waals surface area contributed by atoms with E-state index in [1.165, 1.54) is 24.8 Å². The molecule has 4 nitrogen and oxygen atoms in total. The fourth-order valence-electron chi connectivity index (χ4n) is 3.80. The molecular weight excluding hydrogens is 380 g/mol. The highest BCUT2D eigenvalue weighted by Crippen LogP contribution is 2.27. The maximum absolute atomic E-state index is 13.0. The molecule has 0 radical (unpaired) electrons. The molecule has 1 atom stereocenters. The average Bonchev–Trinajstić information content (AvgIpc) is 3.30. The molecule has 29 heavy (non-hydrogen) atoms. The van der Waals surface area contributed by atoms with Crippen LogP contribution in [0.1, 0.15) is 41.2 Å². The zero-order chi connectivity index (χ0) is 19.9. The summed E-state index contributed by atoms with van der Waals surface area (Å²) in [6, 6.07) is 19.3. The maximum atomic E-state index is 13.0. The minimum Gasteiger partial charge on any atom is -0.457 e. The van der Waals surface area contributed by atoms with Crippen LogP contribution in [0.4, 0.5) is 0 Å². The van der Waals surface area contributed by atoms with Gasteiger partial charge in [-0.1, -0.05) is 36.8 Å². The zero-order valence-electron chi connectivity index (χ0n) is 16.4. The van der Waals surface area contributed by atoms with Crippen molar-refractivity contribution in [1.82, 2.24) is 10.2 Å². The van der Waals surface area contributed by atoms with E-state index in [1.54, 1.807) is 11.3 Å². The standard InChI is InChI=1S/C24H26N2O2S/c27-24(21-11-5-6-12-23(21)28-20-9-3-1-4-10-20)25-17-22(19-13-16-29-18-19)26-14-7-2-8-15-26/h1,3-6,9-13,16,18,22H,2,7-8,14-15,17H2,(H,25,27). The molecule has 1 fully saturated rings. The molecule has 1 N–H and O–H groups in total. The fraction of sp³-hybridized carbons (Fsp3) is 0.292. The summed E-state index contributed by atoms with van der Waals surface area (Å²) in [5.41, 5.74) is 1.84. The SMILES string of the molecule is O=C(NCC(c1ccsc1)N1CCCCC1)c1ccccc1Oc1ccccc1. The molecule has 3 aromatic rings. The van der Waals surface area contributed by atoms with Gasteiger partial charge in [-0.05, 0) is 72.6 Å². The van der Waals surface area contributed by atoms with Crippen molar-refractivity contribution in [2.75, 3.05) is 19.6 Å². The number of hydrogen-bond donors (Lipinski definition) is 1. The van der Waals surface area contributed by atoms with E-state index in [4.69, 9.17) is 4.74 Å². The minimum atomic E-state index is -0.103. The first kappa shape index (κ1) is 19.7. The summed E-state index contributed by atoms with van der Waals surface area (Å²) in [6.45, 7) is 2.77. The molecule has 1 aromatic heterocycles. The van der Waals surface area contributed by atoms with Crippen LogP contribution in [-0.4, -0.2) is 30.4 Å². The first-order valence-electron chi connectivity index (χ1n) is 10.2. The smallest absolute Gasteiger partial charge is 0.255 e. The molecule has 4 rings (SSSR count). The number of nitrogens with zero attached hydrogens (tertiary/aromatic N) is 1. The Hall–Kier alpha value is -2.63. The van der Waals surface area contributed by atoms with E-state index in [-0.39, 0.29) is 11.9 Å². The van der Waals surface area contributed by atoms with Crippen LogP contribution < -0.4 is 10.1 Å². The highest BCUT2D eigenvalue weighted by Gasteiger charge is 2.24. The Morgan fingerprint density at radius 2 is 1.76 bits per heavy atom. The highest BCUT2D eigenvalue weighted by molar-refractivity contribution is 7.07. The predicted molar refractivity (Wildman–Crippen MR) is 118 cm³/mol. The lowest BCUT2D eigenvalue weighted by Gasteiger charge is -2.34. The van der Waals surface area contributed by atoms with Crippen molar-refractivity contribution in [2.24, 2.45) is 0 Å². The summed E-state index contributed by atoms with van der Waals surface area (Å²) < 4.78 is 5.96. The van der Waals surface area contributed by atoms with E-state index in [1.807, 2.05) is 54.6 Å². The van der Waals surface area contributed by atoms with Crippen molar-refractivity contribution < 1.29 is 9.53 Å². The van der Waals surface area contributed by atoms with E-state index in [2.05, 4.69) is 27.0 Å². The van der Waals surface area contributed by atoms with Gasteiger partial charge in [0.25, 0.3) is 5.91 Å². The molecule has 0 aliphatic carbocycles. The topological polar surface area (TPSA) is 41.6 Å². The molecule has 0 bridgehead atoms. The lowest BCUT2D eigenvalue weighted by Crippen LogP contribution is -2.40. The van der Waals surface area contributed by atoms with Crippen LogP contribution in [0, 0.1) is 0 Å². The van der Waals surface area contributed by atoms with Gasteiger partial charge in [0, 0.05) is 6.54 Å². The Morgan fingerprint density at radius 1 is 1.00 bits per heavy atom. The molecule has 1 amide bonds. The van der Waals surface area contributed by atoms with E-state index in [0.717, 1.165) is 18.8 Å². The molecule has 1 saturated heterocycles. The molecule has 0 saturated carbocycles.